The maximum atomic E-state index is 12.1. The SMILES string of the molecule is CC(=O)NCCOCCOCCOCCOCCOCCOCCOCCOCCC(=O)NCc1ccc(-c2nnc(C)nn2)cc1.CN(C)c1ccc2c(-c3ccccc3C(=O)[O-])c3ccc(=[N+](C)C)cc-3oc2c1. The summed E-state index contributed by atoms with van der Waals surface area (Å²) in [6, 6.07) is 26.4. The van der Waals surface area contributed by atoms with Gasteiger partial charge in [0.05, 0.1) is 118 Å². The van der Waals surface area contributed by atoms with Crippen molar-refractivity contribution < 1.29 is 61.8 Å². The number of ether oxygens (including phenoxy) is 8. The zero-order valence-electron chi connectivity index (χ0n) is 44.5. The van der Waals surface area contributed by atoms with Crippen LogP contribution >= 0.6 is 0 Å². The summed E-state index contributed by atoms with van der Waals surface area (Å²) in [5, 5.41) is 35.1. The number of amides is 2. The molecule has 0 radical (unpaired) electrons. The Bertz CT molecular complexity index is 2720. The lowest BCUT2D eigenvalue weighted by Gasteiger charge is -2.19. The second-order valence-electron chi connectivity index (χ2n) is 17.3. The van der Waals surface area contributed by atoms with Gasteiger partial charge in [0.2, 0.25) is 23.0 Å². The van der Waals surface area contributed by atoms with Crippen molar-refractivity contribution in [1.29, 1.82) is 0 Å². The molecule has 2 N–H and O–H groups in total. The molecule has 2 aliphatic rings. The van der Waals surface area contributed by atoms with Crippen molar-refractivity contribution in [1.82, 2.24) is 35.6 Å². The lowest BCUT2D eigenvalue weighted by atomic mass is 9.90. The Balaban J connectivity index is 0.000000311. The van der Waals surface area contributed by atoms with Gasteiger partial charge in [-0.25, -0.2) is 4.58 Å². The van der Waals surface area contributed by atoms with Crippen LogP contribution in [0, 0.1) is 6.92 Å². The standard InChI is InChI=1S/C31H50N6O10.C24H22N2O3/c1-26-34-36-31(37-35-26)29-5-3-28(4-6-29)25-33-30(39)7-9-40-11-13-42-15-17-44-19-21-46-23-24-47-22-20-45-18-16-43-14-12-41-10-8-32-27(2)38;1-25(2)15-9-11-19-21(13-15)29-22-14-16(26(3)4)10-12-20(22)23(19)17-7-5-6-8-18(17)24(27)28/h3-6H,7-25H2,1-2H3,(H,32,38)(H,33,39);5-14H,1-4H3. The van der Waals surface area contributed by atoms with Crippen LogP contribution in [0.5, 0.6) is 0 Å². The molecule has 0 fully saturated rings. The Kier molecular flexibility index (Phi) is 26.8. The number of carboxylic acid groups (broad SMARTS) is 1. The minimum Gasteiger partial charge on any atom is -0.545 e. The number of hydrogen-bond donors (Lipinski definition) is 2. The van der Waals surface area contributed by atoms with Crippen LogP contribution in [-0.4, -0.2) is 179 Å². The van der Waals surface area contributed by atoms with Crippen LogP contribution in [-0.2, 0) is 54.0 Å². The van der Waals surface area contributed by atoms with Gasteiger partial charge in [-0.3, -0.25) is 9.59 Å². The molecule has 410 valence electrons. The van der Waals surface area contributed by atoms with E-state index in [1.54, 1.807) is 19.1 Å². The summed E-state index contributed by atoms with van der Waals surface area (Å²) < 4.78 is 51.7. The van der Waals surface area contributed by atoms with E-state index >= 15 is 0 Å². The second-order valence-corrected chi connectivity index (χ2v) is 17.3. The van der Waals surface area contributed by atoms with Crippen molar-refractivity contribution in [3.8, 4) is 33.8 Å². The first-order chi connectivity index (χ1) is 36.9. The maximum Gasteiger partial charge on any atom is 0.222 e. The first-order valence-electron chi connectivity index (χ1n) is 25.2. The summed E-state index contributed by atoms with van der Waals surface area (Å²) in [6.07, 6.45) is 0.270. The van der Waals surface area contributed by atoms with E-state index in [1.807, 2.05) is 110 Å². The lowest BCUT2D eigenvalue weighted by Crippen LogP contribution is -2.25. The molecule has 2 amide bonds. The molecule has 0 saturated heterocycles. The molecule has 3 aromatic carbocycles. The number of hydrogen-bond acceptors (Lipinski definition) is 18. The number of benzene rings is 4. The molecule has 0 bridgehead atoms. The van der Waals surface area contributed by atoms with Crippen molar-refractivity contribution in [2.24, 2.45) is 0 Å². The maximum absolute atomic E-state index is 12.1. The van der Waals surface area contributed by atoms with Gasteiger partial charge in [0.25, 0.3) is 0 Å². The molecule has 0 spiro atoms. The molecule has 21 nitrogen and oxygen atoms in total. The largest absolute Gasteiger partial charge is 0.545 e. The van der Waals surface area contributed by atoms with Gasteiger partial charge < -0.3 is 67.7 Å². The van der Waals surface area contributed by atoms with Gasteiger partial charge in [-0.2, -0.15) is 0 Å². The van der Waals surface area contributed by atoms with Crippen LogP contribution in [0.3, 0.4) is 0 Å². The smallest absolute Gasteiger partial charge is 0.222 e. The Morgan fingerprint density at radius 1 is 0.618 bits per heavy atom. The zero-order chi connectivity index (χ0) is 54.3. The molecular weight excluding hydrogens is 981 g/mol. The number of aromatic nitrogens is 4. The minimum absolute atomic E-state index is 0.0669. The van der Waals surface area contributed by atoms with Crippen LogP contribution in [0.15, 0.2) is 89.3 Å². The Labute approximate surface area is 443 Å². The van der Waals surface area contributed by atoms with Crippen LogP contribution in [0.2, 0.25) is 0 Å². The van der Waals surface area contributed by atoms with Crippen molar-refractivity contribution in [3.63, 3.8) is 0 Å². The topological polar surface area (TPSA) is 243 Å². The summed E-state index contributed by atoms with van der Waals surface area (Å²) in [5.41, 5.74) is 5.93. The molecule has 0 saturated carbocycles. The number of aromatic carboxylic acids is 1. The average Bonchev–Trinajstić information content (AvgIpc) is 3.42. The Hall–Kier alpha value is -6.82. The zero-order valence-corrected chi connectivity index (χ0v) is 44.5. The normalized spacial score (nSPS) is 11.1. The number of aryl methyl sites for hydroxylation is 1. The van der Waals surface area contributed by atoms with Crippen molar-refractivity contribution in [2.45, 2.75) is 26.8 Å². The third-order valence-electron chi connectivity index (χ3n) is 11.1. The molecule has 1 aromatic heterocycles. The summed E-state index contributed by atoms with van der Waals surface area (Å²) in [7, 11) is 7.88. The molecule has 76 heavy (non-hydrogen) atoms. The predicted molar refractivity (Wildman–Crippen MR) is 284 cm³/mol. The first kappa shape index (κ1) is 60.0. The van der Waals surface area contributed by atoms with Gasteiger partial charge in [0.15, 0.2) is 5.82 Å². The van der Waals surface area contributed by atoms with Crippen molar-refractivity contribution >= 4 is 34.4 Å². The quantitative estimate of drug-likeness (QED) is 0.0342. The highest BCUT2D eigenvalue weighted by atomic mass is 16.6. The number of nitrogens with one attached hydrogen (secondary N) is 2. The number of rotatable bonds is 33. The number of fused-ring (bicyclic) bond motifs is 2. The molecule has 21 heteroatoms. The minimum atomic E-state index is -1.20. The van der Waals surface area contributed by atoms with E-state index < -0.39 is 5.97 Å². The monoisotopic (exact) mass is 1050 g/mol. The molecule has 0 unspecified atom stereocenters. The van der Waals surface area contributed by atoms with E-state index in [0.29, 0.717) is 147 Å². The molecular formula is C55H72N8O13. The van der Waals surface area contributed by atoms with Gasteiger partial charge in [-0.05, 0) is 36.2 Å². The second kappa shape index (κ2) is 34.0. The Morgan fingerprint density at radius 3 is 1.68 bits per heavy atom. The fraction of sp³-hybridized carbons (Fsp3) is 0.455. The highest BCUT2D eigenvalue weighted by molar-refractivity contribution is 6.07. The van der Waals surface area contributed by atoms with Crippen LogP contribution in [0.1, 0.15) is 35.1 Å². The van der Waals surface area contributed by atoms with Gasteiger partial charge in [-0.1, -0.05) is 48.5 Å². The van der Waals surface area contributed by atoms with Gasteiger partial charge in [0, 0.05) is 86.0 Å². The van der Waals surface area contributed by atoms with E-state index in [2.05, 4.69) is 31.0 Å². The van der Waals surface area contributed by atoms with Crippen LogP contribution < -0.4 is 30.6 Å². The van der Waals surface area contributed by atoms with Gasteiger partial charge >= 0.3 is 0 Å². The number of nitrogens with zero attached hydrogens (tertiary/aromatic N) is 6. The number of carboxylic acids is 1. The highest BCUT2D eigenvalue weighted by Gasteiger charge is 2.21. The first-order valence-corrected chi connectivity index (χ1v) is 25.2. The molecule has 0 atom stereocenters. The van der Waals surface area contributed by atoms with E-state index in [0.717, 1.165) is 38.7 Å². The highest BCUT2D eigenvalue weighted by Crippen LogP contribution is 2.41. The van der Waals surface area contributed by atoms with E-state index in [1.165, 1.54) is 6.92 Å². The number of carbonyl (C=O) groups is 3. The summed E-state index contributed by atoms with van der Waals surface area (Å²) in [6.45, 7) is 11.5. The van der Waals surface area contributed by atoms with Crippen LogP contribution in [0.25, 0.3) is 44.8 Å². The molecule has 2 heterocycles. The molecule has 1 aliphatic carbocycles. The van der Waals surface area contributed by atoms with E-state index in [4.69, 9.17) is 42.3 Å². The van der Waals surface area contributed by atoms with Gasteiger partial charge in [0.1, 0.15) is 25.4 Å². The summed E-state index contributed by atoms with van der Waals surface area (Å²) >= 11 is 0. The molecule has 4 aromatic rings. The third kappa shape index (κ3) is 21.4. The summed E-state index contributed by atoms with van der Waals surface area (Å²) in [4.78, 5) is 36.6. The van der Waals surface area contributed by atoms with Gasteiger partial charge in [-0.15, -0.1) is 20.4 Å². The lowest BCUT2D eigenvalue weighted by molar-refractivity contribution is -0.255. The fourth-order valence-corrected chi connectivity index (χ4v) is 7.15. The Morgan fingerprint density at radius 2 is 1.16 bits per heavy atom. The average molecular weight is 1050 g/mol. The fourth-order valence-electron chi connectivity index (χ4n) is 7.15. The van der Waals surface area contributed by atoms with E-state index in [9.17, 15) is 19.5 Å². The van der Waals surface area contributed by atoms with Crippen molar-refractivity contribution in [3.05, 3.63) is 107 Å². The predicted octanol–water partition coefficient (Wildman–Crippen LogP) is 3.18. The number of anilines is 1. The van der Waals surface area contributed by atoms with E-state index in [-0.39, 0.29) is 23.8 Å². The third-order valence-corrected chi connectivity index (χ3v) is 11.1. The molecule has 6 rings (SSSR count). The van der Waals surface area contributed by atoms with Crippen molar-refractivity contribution in [2.75, 3.05) is 145 Å². The summed E-state index contributed by atoms with van der Waals surface area (Å²) in [5.74, 6) is 0.318. The van der Waals surface area contributed by atoms with Crippen LogP contribution in [0.4, 0.5) is 5.69 Å². The number of carbonyl (C=O) groups excluding carboxylic acids is 3. The molecule has 1 aliphatic heterocycles.